The van der Waals surface area contributed by atoms with Crippen LogP contribution in [0.4, 0.5) is 0 Å². The third kappa shape index (κ3) is 0.669. The first-order valence-corrected chi connectivity index (χ1v) is 4.41. The minimum Gasteiger partial charge on any atom is -0.316 e. The van der Waals surface area contributed by atoms with Crippen LogP contribution in [0.1, 0.15) is 0 Å². The van der Waals surface area contributed by atoms with E-state index < -0.39 is 0 Å². The molecule has 1 N–H and O–H groups in total. The van der Waals surface area contributed by atoms with E-state index in [-0.39, 0.29) is 0 Å². The molecule has 2 rings (SSSR count). The third-order valence-electron chi connectivity index (χ3n) is 2.14. The summed E-state index contributed by atoms with van der Waals surface area (Å²) in [6.45, 7) is 2.58. The van der Waals surface area contributed by atoms with Gasteiger partial charge in [-0.15, -0.1) is 0 Å². The van der Waals surface area contributed by atoms with Gasteiger partial charge in [-0.2, -0.15) is 11.8 Å². The van der Waals surface area contributed by atoms with Crippen molar-refractivity contribution in [2.24, 2.45) is 11.8 Å². The van der Waals surface area contributed by atoms with Gasteiger partial charge in [-0.05, 0) is 36.4 Å². The summed E-state index contributed by atoms with van der Waals surface area (Å²) in [5, 5.41) is 3.41. The quantitative estimate of drug-likeness (QED) is 0.513. The van der Waals surface area contributed by atoms with Crippen LogP contribution in [0.25, 0.3) is 0 Å². The van der Waals surface area contributed by atoms with E-state index in [9.17, 15) is 0 Å². The van der Waals surface area contributed by atoms with E-state index in [0.29, 0.717) is 0 Å². The molecule has 8 heavy (non-hydrogen) atoms. The first-order valence-electron chi connectivity index (χ1n) is 3.25. The summed E-state index contributed by atoms with van der Waals surface area (Å²) in [7, 11) is 0. The van der Waals surface area contributed by atoms with Crippen molar-refractivity contribution in [1.29, 1.82) is 0 Å². The zero-order valence-corrected chi connectivity index (χ0v) is 5.71. The van der Waals surface area contributed by atoms with Gasteiger partial charge >= 0.3 is 0 Å². The third-order valence-corrected chi connectivity index (χ3v) is 3.47. The Bertz CT molecular complexity index is 74.5. The zero-order chi connectivity index (χ0) is 5.40. The fraction of sp³-hybridized carbons (Fsp3) is 1.00. The molecule has 0 aromatic carbocycles. The summed E-state index contributed by atoms with van der Waals surface area (Å²) in [4.78, 5) is 0. The molecule has 0 radical (unpaired) electrons. The number of fused-ring (bicyclic) bond motifs is 1. The van der Waals surface area contributed by atoms with Crippen molar-refractivity contribution in [1.82, 2.24) is 5.32 Å². The Balaban J connectivity index is 2.04. The van der Waals surface area contributed by atoms with E-state index in [1.165, 1.54) is 24.6 Å². The maximum atomic E-state index is 3.41. The molecule has 0 bridgehead atoms. The predicted octanol–water partition coefficient (Wildman–Crippen LogP) is 0.569. The molecule has 0 aromatic heterocycles. The maximum absolute atomic E-state index is 3.41. The normalized spacial score (nSPS) is 45.0. The molecule has 0 unspecified atom stereocenters. The molecule has 2 aliphatic rings. The van der Waals surface area contributed by atoms with Gasteiger partial charge < -0.3 is 5.32 Å². The Morgan fingerprint density at radius 1 is 1.12 bits per heavy atom. The Labute approximate surface area is 54.2 Å². The lowest BCUT2D eigenvalue weighted by atomic mass is 10.0. The molecule has 2 aliphatic heterocycles. The van der Waals surface area contributed by atoms with Crippen molar-refractivity contribution >= 4 is 11.8 Å². The van der Waals surface area contributed by atoms with Crippen LogP contribution in [0, 0.1) is 11.8 Å². The molecule has 0 amide bonds. The van der Waals surface area contributed by atoms with E-state index in [4.69, 9.17) is 0 Å². The summed E-state index contributed by atoms with van der Waals surface area (Å²) in [6, 6.07) is 0. The van der Waals surface area contributed by atoms with Crippen LogP contribution in [-0.4, -0.2) is 24.6 Å². The smallest absolute Gasteiger partial charge is 0.000907 e. The van der Waals surface area contributed by atoms with Crippen LogP contribution >= 0.6 is 11.8 Å². The second-order valence-corrected chi connectivity index (χ2v) is 3.79. The van der Waals surface area contributed by atoms with Crippen LogP contribution in [0.3, 0.4) is 0 Å². The average molecular weight is 129 g/mol. The number of rotatable bonds is 0. The largest absolute Gasteiger partial charge is 0.316 e. The van der Waals surface area contributed by atoms with Gasteiger partial charge in [0.2, 0.25) is 0 Å². The first kappa shape index (κ1) is 5.12. The minimum absolute atomic E-state index is 1.03. The van der Waals surface area contributed by atoms with Crippen LogP contribution in [0.5, 0.6) is 0 Å². The average Bonchev–Trinajstić information content (AvgIpc) is 2.15. The lowest BCUT2D eigenvalue weighted by Gasteiger charge is -2.01. The molecular weight excluding hydrogens is 118 g/mol. The molecular formula is C6H11NS. The Morgan fingerprint density at radius 2 is 1.75 bits per heavy atom. The van der Waals surface area contributed by atoms with Gasteiger partial charge in [0, 0.05) is 0 Å². The Kier molecular flexibility index (Phi) is 1.23. The topological polar surface area (TPSA) is 12.0 Å². The van der Waals surface area contributed by atoms with E-state index in [1.54, 1.807) is 0 Å². The fourth-order valence-corrected chi connectivity index (χ4v) is 3.07. The number of nitrogens with one attached hydrogen (secondary N) is 1. The van der Waals surface area contributed by atoms with E-state index in [1.807, 2.05) is 0 Å². The minimum atomic E-state index is 1.03. The van der Waals surface area contributed by atoms with Gasteiger partial charge in [-0.1, -0.05) is 0 Å². The van der Waals surface area contributed by atoms with Gasteiger partial charge in [0.1, 0.15) is 0 Å². The van der Waals surface area contributed by atoms with Crippen LogP contribution in [0.15, 0.2) is 0 Å². The summed E-state index contributed by atoms with van der Waals surface area (Å²) >= 11 is 2.13. The fourth-order valence-electron chi connectivity index (χ4n) is 1.55. The predicted molar refractivity (Wildman–Crippen MR) is 37.2 cm³/mol. The van der Waals surface area contributed by atoms with Crippen molar-refractivity contribution in [2.45, 2.75) is 0 Å². The number of thioether (sulfide) groups is 1. The second kappa shape index (κ2) is 1.92. The highest BCUT2D eigenvalue weighted by Gasteiger charge is 2.31. The lowest BCUT2D eigenvalue weighted by molar-refractivity contribution is 0.533. The summed E-state index contributed by atoms with van der Waals surface area (Å²) in [5.74, 6) is 4.88. The van der Waals surface area contributed by atoms with Crippen molar-refractivity contribution in [3.8, 4) is 0 Å². The molecule has 1 nitrogen and oxygen atoms in total. The number of hydrogen-bond acceptors (Lipinski definition) is 2. The Morgan fingerprint density at radius 3 is 2.38 bits per heavy atom. The van der Waals surface area contributed by atoms with Crippen molar-refractivity contribution < 1.29 is 0 Å². The van der Waals surface area contributed by atoms with Crippen molar-refractivity contribution in [2.75, 3.05) is 24.6 Å². The van der Waals surface area contributed by atoms with Crippen LogP contribution in [0.2, 0.25) is 0 Å². The van der Waals surface area contributed by atoms with Gasteiger partial charge in [0.25, 0.3) is 0 Å². The van der Waals surface area contributed by atoms with Gasteiger partial charge in [-0.3, -0.25) is 0 Å². The molecule has 0 aliphatic carbocycles. The molecule has 46 valence electrons. The Hall–Kier alpha value is 0.310. The molecule has 2 saturated heterocycles. The first-order chi connectivity index (χ1) is 3.97. The summed E-state index contributed by atoms with van der Waals surface area (Å²) in [5.41, 5.74) is 0. The molecule has 2 heterocycles. The van der Waals surface area contributed by atoms with Gasteiger partial charge in [-0.25, -0.2) is 0 Å². The van der Waals surface area contributed by atoms with Gasteiger partial charge in [0.05, 0.1) is 0 Å². The molecule has 2 heteroatoms. The van der Waals surface area contributed by atoms with Crippen LogP contribution < -0.4 is 5.32 Å². The molecule has 2 fully saturated rings. The highest BCUT2D eigenvalue weighted by molar-refractivity contribution is 7.99. The van der Waals surface area contributed by atoms with E-state index in [0.717, 1.165) is 11.8 Å². The SMILES string of the molecule is C1NC[C@@H]2CSC[C@@H]12. The standard InChI is InChI=1S/C6H11NS/c1-5-3-8-4-6(5)2-7-1/h5-7H,1-4H2/t5-,6-/m1/s1. The van der Waals surface area contributed by atoms with Crippen LogP contribution in [-0.2, 0) is 0 Å². The highest BCUT2D eigenvalue weighted by Crippen LogP contribution is 2.31. The molecule has 0 saturated carbocycles. The monoisotopic (exact) mass is 129 g/mol. The van der Waals surface area contributed by atoms with Gasteiger partial charge in [0.15, 0.2) is 0 Å². The summed E-state index contributed by atoms with van der Waals surface area (Å²) < 4.78 is 0. The summed E-state index contributed by atoms with van der Waals surface area (Å²) in [6.07, 6.45) is 0. The van der Waals surface area contributed by atoms with Crippen molar-refractivity contribution in [3.63, 3.8) is 0 Å². The van der Waals surface area contributed by atoms with E-state index >= 15 is 0 Å². The maximum Gasteiger partial charge on any atom is -0.000907 e. The lowest BCUT2D eigenvalue weighted by Crippen LogP contribution is -2.09. The number of hydrogen-bond donors (Lipinski definition) is 1. The zero-order valence-electron chi connectivity index (χ0n) is 4.89. The molecule has 0 spiro atoms. The second-order valence-electron chi connectivity index (χ2n) is 2.72. The van der Waals surface area contributed by atoms with E-state index in [2.05, 4.69) is 17.1 Å². The van der Waals surface area contributed by atoms with Crippen molar-refractivity contribution in [3.05, 3.63) is 0 Å². The molecule has 2 atom stereocenters. The molecule has 0 aromatic rings. The highest BCUT2D eigenvalue weighted by atomic mass is 32.2.